The van der Waals surface area contributed by atoms with Crippen molar-refractivity contribution >= 4 is 12.3 Å². The van der Waals surface area contributed by atoms with Crippen LogP contribution in [0.25, 0.3) is 0 Å². The zero-order valence-corrected chi connectivity index (χ0v) is 12.0. The summed E-state index contributed by atoms with van der Waals surface area (Å²) < 4.78 is 15.3. The molecule has 0 fully saturated rings. The quantitative estimate of drug-likeness (QED) is 0.443. The number of carbonyl (C=O) groups excluding carboxylic acids is 2. The number of aliphatic hydroxyl groups is 1. The zero-order valence-electron chi connectivity index (χ0n) is 12.0. The first-order valence-electron chi connectivity index (χ1n) is 6.24. The number of methoxy groups -OCH3 is 1. The van der Waals surface area contributed by atoms with Crippen LogP contribution in [0.2, 0.25) is 0 Å². The van der Waals surface area contributed by atoms with Crippen LogP contribution < -0.4 is 9.47 Å². The molecule has 1 N–H and O–H groups in total. The lowest BCUT2D eigenvalue weighted by Crippen LogP contribution is -2.25. The number of aliphatic hydroxyl groups excluding tert-OH is 1. The molecule has 0 aliphatic carbocycles. The van der Waals surface area contributed by atoms with Crippen LogP contribution in [0.3, 0.4) is 0 Å². The average Bonchev–Trinajstić information content (AvgIpc) is 2.49. The molecule has 0 aliphatic heterocycles. The molecule has 114 valence electrons. The summed E-state index contributed by atoms with van der Waals surface area (Å²) in [6.45, 7) is 4.67. The van der Waals surface area contributed by atoms with Gasteiger partial charge in [-0.3, -0.25) is 4.79 Å². The Morgan fingerprint density at radius 2 is 2.10 bits per heavy atom. The molecule has 6 nitrogen and oxygen atoms in total. The third-order valence-corrected chi connectivity index (χ3v) is 2.51. The number of rotatable bonds is 8. The minimum atomic E-state index is -0.983. The fraction of sp³-hybridized carbons (Fsp3) is 0.333. The number of benzene rings is 1. The molecule has 1 aromatic carbocycles. The Morgan fingerprint density at radius 3 is 2.67 bits per heavy atom. The normalized spacial score (nSPS) is 11.4. The Kier molecular flexibility index (Phi) is 6.42. The molecule has 0 spiro atoms. The van der Waals surface area contributed by atoms with E-state index in [9.17, 15) is 14.7 Å². The van der Waals surface area contributed by atoms with Gasteiger partial charge in [0, 0.05) is 11.1 Å². The average molecular weight is 294 g/mol. The van der Waals surface area contributed by atoms with E-state index in [1.54, 1.807) is 12.1 Å². The summed E-state index contributed by atoms with van der Waals surface area (Å²) in [5.41, 5.74) is 0.712. The molecule has 1 unspecified atom stereocenters. The van der Waals surface area contributed by atoms with Crippen molar-refractivity contribution in [1.29, 1.82) is 0 Å². The number of esters is 1. The molecular formula is C15H18O6. The molecule has 6 heteroatoms. The van der Waals surface area contributed by atoms with Gasteiger partial charge >= 0.3 is 5.97 Å². The number of carbonyl (C=O) groups is 2. The minimum Gasteiger partial charge on any atom is -0.493 e. The summed E-state index contributed by atoms with van der Waals surface area (Å²) in [6, 6.07) is 4.66. The molecule has 0 bridgehead atoms. The molecule has 1 atom stereocenters. The Balaban J connectivity index is 2.52. The standard InChI is InChI=1S/C15H18O6/c1-10(2)15(18)21-9-12(17)8-20-13-5-4-11(7-16)6-14(13)19-3/h4-7,12,17H,1,8-9H2,2-3H3. The molecular weight excluding hydrogens is 276 g/mol. The predicted molar refractivity (Wildman–Crippen MR) is 75.7 cm³/mol. The SMILES string of the molecule is C=C(C)C(=O)OCC(O)COc1ccc(C=O)cc1OC. The first-order valence-corrected chi connectivity index (χ1v) is 6.24. The van der Waals surface area contributed by atoms with E-state index in [2.05, 4.69) is 6.58 Å². The summed E-state index contributed by atoms with van der Waals surface area (Å²) in [7, 11) is 1.45. The van der Waals surface area contributed by atoms with Gasteiger partial charge in [-0.25, -0.2) is 4.79 Å². The van der Waals surface area contributed by atoms with Crippen LogP contribution in [0.5, 0.6) is 11.5 Å². The lowest BCUT2D eigenvalue weighted by molar-refractivity contribution is -0.142. The second kappa shape index (κ2) is 8.06. The summed E-state index contributed by atoms with van der Waals surface area (Å²) in [4.78, 5) is 21.8. The van der Waals surface area contributed by atoms with E-state index in [0.717, 1.165) is 0 Å². The van der Waals surface area contributed by atoms with Gasteiger partial charge in [0.1, 0.15) is 25.6 Å². The van der Waals surface area contributed by atoms with E-state index < -0.39 is 12.1 Å². The number of hydrogen-bond donors (Lipinski definition) is 1. The van der Waals surface area contributed by atoms with Crippen LogP contribution >= 0.6 is 0 Å². The fourth-order valence-corrected chi connectivity index (χ4v) is 1.41. The predicted octanol–water partition coefficient (Wildman–Crippen LogP) is 1.37. The van der Waals surface area contributed by atoms with Crippen molar-refractivity contribution in [2.24, 2.45) is 0 Å². The highest BCUT2D eigenvalue weighted by Crippen LogP contribution is 2.27. The number of aldehydes is 1. The van der Waals surface area contributed by atoms with Crippen molar-refractivity contribution in [1.82, 2.24) is 0 Å². The largest absolute Gasteiger partial charge is 0.493 e. The molecule has 0 aromatic heterocycles. The van der Waals surface area contributed by atoms with Crippen LogP contribution in [0.1, 0.15) is 17.3 Å². The fourth-order valence-electron chi connectivity index (χ4n) is 1.41. The minimum absolute atomic E-state index is 0.0831. The molecule has 0 amide bonds. The molecule has 1 rings (SSSR count). The second-order valence-corrected chi connectivity index (χ2v) is 4.37. The highest BCUT2D eigenvalue weighted by molar-refractivity contribution is 5.86. The van der Waals surface area contributed by atoms with Gasteiger partial charge in [-0.15, -0.1) is 0 Å². The monoisotopic (exact) mass is 294 g/mol. The second-order valence-electron chi connectivity index (χ2n) is 4.37. The van der Waals surface area contributed by atoms with Crippen molar-refractivity contribution in [2.75, 3.05) is 20.3 Å². The van der Waals surface area contributed by atoms with E-state index in [0.29, 0.717) is 23.3 Å². The van der Waals surface area contributed by atoms with Gasteiger partial charge in [0.2, 0.25) is 0 Å². The third-order valence-electron chi connectivity index (χ3n) is 2.51. The van der Waals surface area contributed by atoms with Gasteiger partial charge in [-0.2, -0.15) is 0 Å². The maximum Gasteiger partial charge on any atom is 0.333 e. The molecule has 0 radical (unpaired) electrons. The van der Waals surface area contributed by atoms with E-state index in [4.69, 9.17) is 14.2 Å². The van der Waals surface area contributed by atoms with Crippen molar-refractivity contribution in [2.45, 2.75) is 13.0 Å². The van der Waals surface area contributed by atoms with Crippen molar-refractivity contribution in [3.05, 3.63) is 35.9 Å². The van der Waals surface area contributed by atoms with Crippen molar-refractivity contribution in [3.8, 4) is 11.5 Å². The number of ether oxygens (including phenoxy) is 3. The summed E-state index contributed by atoms with van der Waals surface area (Å²) in [5.74, 6) is 0.195. The summed E-state index contributed by atoms with van der Waals surface area (Å²) in [6.07, 6.45) is -0.290. The first-order chi connectivity index (χ1) is 9.97. The van der Waals surface area contributed by atoms with E-state index in [1.807, 2.05) is 0 Å². The number of hydrogen-bond acceptors (Lipinski definition) is 6. The van der Waals surface area contributed by atoms with Crippen molar-refractivity contribution < 1.29 is 28.9 Å². The molecule has 0 saturated heterocycles. The van der Waals surface area contributed by atoms with Crippen LogP contribution in [0, 0.1) is 0 Å². The molecule has 0 saturated carbocycles. The van der Waals surface area contributed by atoms with Crippen LogP contribution in [0.15, 0.2) is 30.4 Å². The Morgan fingerprint density at radius 1 is 1.38 bits per heavy atom. The molecule has 0 heterocycles. The molecule has 0 aliphatic rings. The van der Waals surface area contributed by atoms with Crippen LogP contribution in [-0.2, 0) is 9.53 Å². The van der Waals surface area contributed by atoms with Gasteiger partial charge in [0.15, 0.2) is 11.5 Å². The van der Waals surface area contributed by atoms with Gasteiger partial charge in [0.25, 0.3) is 0 Å². The Bertz CT molecular complexity index is 523. The Labute approximate surface area is 122 Å². The highest BCUT2D eigenvalue weighted by atomic mass is 16.6. The van der Waals surface area contributed by atoms with Gasteiger partial charge in [-0.1, -0.05) is 6.58 Å². The maximum atomic E-state index is 11.2. The topological polar surface area (TPSA) is 82.1 Å². The summed E-state index contributed by atoms with van der Waals surface area (Å²) in [5, 5.41) is 9.68. The van der Waals surface area contributed by atoms with Gasteiger partial charge in [0.05, 0.1) is 7.11 Å². The van der Waals surface area contributed by atoms with E-state index in [1.165, 1.54) is 20.1 Å². The van der Waals surface area contributed by atoms with Crippen LogP contribution in [0.4, 0.5) is 0 Å². The van der Waals surface area contributed by atoms with E-state index in [-0.39, 0.29) is 18.8 Å². The lowest BCUT2D eigenvalue weighted by Gasteiger charge is -2.15. The first kappa shape index (κ1) is 16.7. The van der Waals surface area contributed by atoms with Gasteiger partial charge in [-0.05, 0) is 25.1 Å². The summed E-state index contributed by atoms with van der Waals surface area (Å²) >= 11 is 0. The highest BCUT2D eigenvalue weighted by Gasteiger charge is 2.12. The molecule has 21 heavy (non-hydrogen) atoms. The van der Waals surface area contributed by atoms with Crippen molar-refractivity contribution in [3.63, 3.8) is 0 Å². The van der Waals surface area contributed by atoms with Gasteiger partial charge < -0.3 is 19.3 Å². The zero-order chi connectivity index (χ0) is 15.8. The Hall–Kier alpha value is -2.34. The maximum absolute atomic E-state index is 11.2. The van der Waals surface area contributed by atoms with Crippen LogP contribution in [-0.4, -0.2) is 43.8 Å². The third kappa shape index (κ3) is 5.27. The smallest absolute Gasteiger partial charge is 0.333 e. The van der Waals surface area contributed by atoms with E-state index >= 15 is 0 Å². The molecule has 1 aromatic rings. The lowest BCUT2D eigenvalue weighted by atomic mass is 10.2.